The fourth-order valence-corrected chi connectivity index (χ4v) is 9.06. The Bertz CT molecular complexity index is 1920. The first-order chi connectivity index (χ1) is 24.0. The van der Waals surface area contributed by atoms with Gasteiger partial charge >= 0.3 is 5.97 Å². The molecule has 1 heterocycles. The molecule has 0 saturated heterocycles. The molecule has 1 aromatic heterocycles. The summed E-state index contributed by atoms with van der Waals surface area (Å²) < 4.78 is 13.2. The van der Waals surface area contributed by atoms with Crippen LogP contribution < -0.4 is 14.8 Å². The summed E-state index contributed by atoms with van der Waals surface area (Å²) in [6.07, 6.45) is 4.44. The maximum absolute atomic E-state index is 14.3. The van der Waals surface area contributed by atoms with Gasteiger partial charge < -0.3 is 29.7 Å². The van der Waals surface area contributed by atoms with Crippen LogP contribution in [0.25, 0.3) is 27.7 Å². The van der Waals surface area contributed by atoms with Crippen LogP contribution in [0.15, 0.2) is 60.7 Å². The van der Waals surface area contributed by atoms with Crippen molar-refractivity contribution < 1.29 is 29.0 Å². The zero-order valence-corrected chi connectivity index (χ0v) is 30.5. The fourth-order valence-electron chi connectivity index (χ4n) is 9.06. The molecule has 4 fully saturated rings. The average Bonchev–Trinajstić information content (AvgIpc) is 3.55. The molecule has 0 unspecified atom stereocenters. The average molecular weight is 716 g/mol. The maximum Gasteiger partial charge on any atom is 0.330 e. The third kappa shape index (κ3) is 6.20. The summed E-state index contributed by atoms with van der Waals surface area (Å²) in [5, 5.41) is 20.2. The predicted octanol–water partition coefficient (Wildman–Crippen LogP) is 5.77. The van der Waals surface area contributed by atoms with Gasteiger partial charge in [-0.2, -0.15) is 5.10 Å². The number of carbonyl (C=O) groups excluding carboxylic acids is 2. The monoisotopic (exact) mass is 715 g/mol. The van der Waals surface area contributed by atoms with Gasteiger partial charge in [0.05, 0.1) is 31.2 Å². The molecule has 8 rings (SSSR count). The summed E-state index contributed by atoms with van der Waals surface area (Å²) in [5.41, 5.74) is 1.04. The Labute approximate surface area is 304 Å². The van der Waals surface area contributed by atoms with E-state index in [1.54, 1.807) is 43.0 Å². The standard InChI is InChI=1S/C39H45N5O6.ClH/c1-42(2)15-16-43(3)37(46)29-13-14-31(28-10-7-6-9-27(28)29)44-32(35-33(49-4)11-8-12-34(35)50-5)22-30(41-44)36(45)40-39(38(47)48)25-18-23-17-24(20-25)21-26(39)19-23;/h6-14,22-26H,15-21H2,1-5H3,(H,40,45)(H,47,48);1H. The van der Waals surface area contributed by atoms with E-state index in [9.17, 15) is 19.5 Å². The SMILES string of the molecule is COc1cccc(OC)c1-c1cc(C(=O)NC2(C(=O)O)C3CC4CC(C3)CC2C4)nn1-c1ccc(C(=O)N(C)CCN(C)C)c2ccccc12.Cl. The molecule has 0 atom stereocenters. The van der Waals surface area contributed by atoms with Crippen molar-refractivity contribution >= 4 is 41.0 Å². The van der Waals surface area contributed by atoms with Crippen LogP contribution in [-0.4, -0.2) is 96.5 Å². The number of nitrogens with one attached hydrogen (secondary N) is 1. The zero-order chi connectivity index (χ0) is 35.3. The molecule has 0 spiro atoms. The summed E-state index contributed by atoms with van der Waals surface area (Å²) in [5.74, 6) is 0.264. The summed E-state index contributed by atoms with van der Waals surface area (Å²) in [6.45, 7) is 1.30. The Morgan fingerprint density at radius 3 is 2.04 bits per heavy atom. The maximum atomic E-state index is 14.3. The number of halogens is 1. The quantitative estimate of drug-likeness (QED) is 0.200. The molecule has 2 N–H and O–H groups in total. The topological polar surface area (TPSA) is 126 Å². The van der Waals surface area contributed by atoms with Gasteiger partial charge in [-0.15, -0.1) is 12.4 Å². The number of hydrogen-bond donors (Lipinski definition) is 2. The first kappa shape index (κ1) is 36.2. The number of carboxylic acids is 1. The van der Waals surface area contributed by atoms with Gasteiger partial charge in [-0.1, -0.05) is 30.3 Å². The predicted molar refractivity (Wildman–Crippen MR) is 197 cm³/mol. The lowest BCUT2D eigenvalue weighted by Gasteiger charge is -2.59. The fraction of sp³-hybridized carbons (Fsp3) is 0.436. The molecule has 12 heteroatoms. The van der Waals surface area contributed by atoms with Crippen LogP contribution in [0.3, 0.4) is 0 Å². The van der Waals surface area contributed by atoms with Gasteiger partial charge in [0.2, 0.25) is 0 Å². The smallest absolute Gasteiger partial charge is 0.330 e. The second-order valence-corrected chi connectivity index (χ2v) is 14.5. The first-order valence-corrected chi connectivity index (χ1v) is 17.3. The second kappa shape index (κ2) is 14.2. The molecular weight excluding hydrogens is 670 g/mol. The van der Waals surface area contributed by atoms with E-state index in [0.717, 1.165) is 49.4 Å². The Balaban J connectivity index is 0.00000448. The molecule has 4 aliphatic rings. The minimum Gasteiger partial charge on any atom is -0.496 e. The molecule has 51 heavy (non-hydrogen) atoms. The van der Waals surface area contributed by atoms with Gasteiger partial charge in [-0.3, -0.25) is 9.59 Å². The number of nitrogens with zero attached hydrogens (tertiary/aromatic N) is 4. The molecule has 11 nitrogen and oxygen atoms in total. The highest BCUT2D eigenvalue weighted by atomic mass is 35.5. The molecule has 4 saturated carbocycles. The van der Waals surface area contributed by atoms with Crippen molar-refractivity contribution in [2.24, 2.45) is 23.7 Å². The van der Waals surface area contributed by atoms with Crippen molar-refractivity contribution in [3.63, 3.8) is 0 Å². The second-order valence-electron chi connectivity index (χ2n) is 14.5. The molecule has 0 aliphatic heterocycles. The van der Waals surface area contributed by atoms with Crippen molar-refractivity contribution in [2.45, 2.75) is 37.6 Å². The van der Waals surface area contributed by atoms with E-state index >= 15 is 0 Å². The number of hydrogen-bond acceptors (Lipinski definition) is 7. The number of carbonyl (C=O) groups is 3. The molecule has 3 aromatic carbocycles. The minimum atomic E-state index is -1.33. The van der Waals surface area contributed by atoms with Gasteiger partial charge in [0.1, 0.15) is 17.0 Å². The minimum absolute atomic E-state index is 0. The van der Waals surface area contributed by atoms with E-state index in [4.69, 9.17) is 14.6 Å². The normalized spacial score (nSPS) is 23.2. The Kier molecular flexibility index (Phi) is 10.1. The van der Waals surface area contributed by atoms with Crippen molar-refractivity contribution in [3.05, 3.63) is 71.9 Å². The van der Waals surface area contributed by atoms with E-state index in [0.29, 0.717) is 52.4 Å². The number of carboxylic acid groups (broad SMARTS) is 1. The lowest BCUT2D eigenvalue weighted by Crippen LogP contribution is -2.70. The van der Waals surface area contributed by atoms with Gasteiger partial charge in [0.25, 0.3) is 11.8 Å². The zero-order valence-electron chi connectivity index (χ0n) is 29.7. The number of rotatable bonds is 11. The van der Waals surface area contributed by atoms with E-state index < -0.39 is 17.4 Å². The van der Waals surface area contributed by atoms with Crippen LogP contribution >= 0.6 is 12.4 Å². The van der Waals surface area contributed by atoms with E-state index in [2.05, 4.69) is 5.32 Å². The van der Waals surface area contributed by atoms with E-state index in [-0.39, 0.29) is 35.8 Å². The Hall–Kier alpha value is -4.61. The van der Waals surface area contributed by atoms with Crippen LogP contribution in [0.4, 0.5) is 0 Å². The highest BCUT2D eigenvalue weighted by molar-refractivity contribution is 6.09. The summed E-state index contributed by atoms with van der Waals surface area (Å²) in [6, 6.07) is 18.4. The molecule has 4 aromatic rings. The van der Waals surface area contributed by atoms with Crippen molar-refractivity contribution in [2.75, 3.05) is 48.5 Å². The number of aliphatic carboxylic acids is 1. The van der Waals surface area contributed by atoms with Gasteiger partial charge in [-0.25, -0.2) is 9.48 Å². The Morgan fingerprint density at radius 1 is 0.863 bits per heavy atom. The number of amides is 2. The van der Waals surface area contributed by atoms with Gasteiger partial charge in [-0.05, 0) is 106 Å². The third-order valence-electron chi connectivity index (χ3n) is 11.3. The van der Waals surface area contributed by atoms with Gasteiger partial charge in [0.15, 0.2) is 5.69 Å². The number of ether oxygens (including phenoxy) is 2. The van der Waals surface area contributed by atoms with Crippen LogP contribution in [0.5, 0.6) is 11.5 Å². The molecule has 4 aliphatic carbocycles. The summed E-state index contributed by atoms with van der Waals surface area (Å²) >= 11 is 0. The number of benzene rings is 3. The molecule has 270 valence electrons. The molecule has 0 radical (unpaired) electrons. The van der Waals surface area contributed by atoms with Crippen molar-refractivity contribution in [1.29, 1.82) is 0 Å². The molecule has 2 amide bonds. The summed E-state index contributed by atoms with van der Waals surface area (Å²) in [4.78, 5) is 44.9. The first-order valence-electron chi connectivity index (χ1n) is 17.3. The van der Waals surface area contributed by atoms with Crippen LogP contribution in [0.2, 0.25) is 0 Å². The number of methoxy groups -OCH3 is 2. The highest BCUT2D eigenvalue weighted by Gasteiger charge is 2.62. The highest BCUT2D eigenvalue weighted by Crippen LogP contribution is 2.58. The third-order valence-corrected chi connectivity index (χ3v) is 11.3. The number of fused-ring (bicyclic) bond motifs is 1. The molecule has 4 bridgehead atoms. The van der Waals surface area contributed by atoms with Crippen molar-refractivity contribution in [3.8, 4) is 28.4 Å². The largest absolute Gasteiger partial charge is 0.496 e. The van der Waals surface area contributed by atoms with Crippen LogP contribution in [-0.2, 0) is 4.79 Å². The van der Waals surface area contributed by atoms with Crippen LogP contribution in [0.1, 0.15) is 53.0 Å². The van der Waals surface area contributed by atoms with Crippen molar-refractivity contribution in [1.82, 2.24) is 24.9 Å². The lowest BCUT2D eigenvalue weighted by atomic mass is 9.48. The Morgan fingerprint density at radius 2 is 1.47 bits per heavy atom. The lowest BCUT2D eigenvalue weighted by molar-refractivity contribution is -0.163. The molecular formula is C39H46ClN5O6. The number of aromatic nitrogens is 2. The van der Waals surface area contributed by atoms with E-state index in [1.165, 1.54) is 0 Å². The van der Waals surface area contributed by atoms with E-state index in [1.807, 2.05) is 67.5 Å². The van der Waals surface area contributed by atoms with Crippen LogP contribution in [0, 0.1) is 23.7 Å². The summed E-state index contributed by atoms with van der Waals surface area (Å²) in [7, 11) is 8.88. The van der Waals surface area contributed by atoms with Gasteiger partial charge in [0, 0.05) is 31.1 Å². The number of likely N-dealkylation sites (N-methyl/N-ethyl adjacent to an activating group) is 2.